The van der Waals surface area contributed by atoms with Crippen molar-refractivity contribution in [3.05, 3.63) is 0 Å². The van der Waals surface area contributed by atoms with Gasteiger partial charge in [0.15, 0.2) is 0 Å². The monoisotopic (exact) mass is 227 g/mol. The van der Waals surface area contributed by atoms with Crippen molar-refractivity contribution in [2.24, 2.45) is 0 Å². The van der Waals surface area contributed by atoms with Crippen molar-refractivity contribution in [2.45, 2.75) is 51.9 Å². The average Bonchev–Trinajstić information content (AvgIpc) is 2.00. The third-order valence-electron chi connectivity index (χ3n) is 1.89. The van der Waals surface area contributed by atoms with Crippen molar-refractivity contribution in [1.29, 1.82) is 0 Å². The third kappa shape index (κ3) is 10.0. The van der Waals surface area contributed by atoms with Crippen LogP contribution in [-0.4, -0.2) is 31.5 Å². The van der Waals surface area contributed by atoms with Gasteiger partial charge >= 0.3 is 6.18 Å². The first-order chi connectivity index (χ1) is 6.85. The highest BCUT2D eigenvalue weighted by atomic mass is 19.4. The highest BCUT2D eigenvalue weighted by Gasteiger charge is 2.31. The molecule has 0 rings (SSSR count). The summed E-state index contributed by atoms with van der Waals surface area (Å²) in [5, 5.41) is 2.81. The van der Waals surface area contributed by atoms with Crippen LogP contribution in [0.5, 0.6) is 0 Å². The lowest BCUT2D eigenvalue weighted by Crippen LogP contribution is -2.34. The number of ether oxygens (including phenoxy) is 1. The van der Waals surface area contributed by atoms with E-state index in [2.05, 4.69) is 5.32 Å². The van der Waals surface area contributed by atoms with Gasteiger partial charge in [-0.2, -0.15) is 13.2 Å². The Bertz CT molecular complexity index is 159. The van der Waals surface area contributed by atoms with Crippen LogP contribution in [0.25, 0.3) is 0 Å². The Kier molecular flexibility index (Phi) is 6.92. The molecule has 92 valence electrons. The summed E-state index contributed by atoms with van der Waals surface area (Å²) < 4.78 is 41.6. The summed E-state index contributed by atoms with van der Waals surface area (Å²) in [6, 6.07) is -0.534. The van der Waals surface area contributed by atoms with Gasteiger partial charge in [-0.3, -0.25) is 0 Å². The molecule has 1 N–H and O–H groups in total. The molecule has 2 nitrogen and oxygen atoms in total. The maximum atomic E-state index is 12.1. The lowest BCUT2D eigenvalue weighted by molar-refractivity contribution is -0.141. The van der Waals surface area contributed by atoms with Crippen LogP contribution in [0.1, 0.15) is 33.6 Å². The Morgan fingerprint density at radius 1 is 1.27 bits per heavy atom. The Labute approximate surface area is 89.2 Å². The summed E-state index contributed by atoms with van der Waals surface area (Å²) >= 11 is 0. The van der Waals surface area contributed by atoms with Crippen LogP contribution >= 0.6 is 0 Å². The van der Waals surface area contributed by atoms with Crippen LogP contribution in [0, 0.1) is 0 Å². The highest BCUT2D eigenvalue weighted by molar-refractivity contribution is 4.70. The maximum Gasteiger partial charge on any atom is 0.390 e. The molecule has 0 spiro atoms. The van der Waals surface area contributed by atoms with E-state index in [9.17, 15) is 13.2 Å². The van der Waals surface area contributed by atoms with E-state index in [1.54, 1.807) is 6.92 Å². The number of hydrogen-bond donors (Lipinski definition) is 1. The van der Waals surface area contributed by atoms with E-state index >= 15 is 0 Å². The predicted molar refractivity (Wildman–Crippen MR) is 53.8 cm³/mol. The smallest absolute Gasteiger partial charge is 0.379 e. The minimum absolute atomic E-state index is 0.0677. The topological polar surface area (TPSA) is 21.3 Å². The van der Waals surface area contributed by atoms with Gasteiger partial charge in [-0.1, -0.05) is 6.92 Å². The molecule has 0 aliphatic heterocycles. The van der Waals surface area contributed by atoms with Gasteiger partial charge in [-0.05, 0) is 26.8 Å². The van der Waals surface area contributed by atoms with Gasteiger partial charge in [0.2, 0.25) is 0 Å². The van der Waals surface area contributed by atoms with Gasteiger partial charge in [0, 0.05) is 12.6 Å². The standard InChI is InChI=1S/C10H20F3NO/c1-4-14-9(7-10(11,12)13)5-6-15-8(2)3/h8-9,14H,4-7H2,1-3H3. The normalized spacial score (nSPS) is 14.6. The first-order valence-corrected chi connectivity index (χ1v) is 5.27. The second-order valence-corrected chi connectivity index (χ2v) is 3.78. The molecule has 0 aromatic rings. The molecule has 0 aromatic heterocycles. The van der Waals surface area contributed by atoms with Gasteiger partial charge in [0.05, 0.1) is 12.5 Å². The number of hydrogen-bond acceptors (Lipinski definition) is 2. The summed E-state index contributed by atoms with van der Waals surface area (Å²) in [5.41, 5.74) is 0. The van der Waals surface area contributed by atoms with Crippen LogP contribution in [0.15, 0.2) is 0 Å². The van der Waals surface area contributed by atoms with Crippen LogP contribution in [-0.2, 0) is 4.74 Å². The minimum Gasteiger partial charge on any atom is -0.379 e. The molecule has 0 aliphatic carbocycles. The fourth-order valence-electron chi connectivity index (χ4n) is 1.29. The molecular formula is C10H20F3NO. The first-order valence-electron chi connectivity index (χ1n) is 5.27. The third-order valence-corrected chi connectivity index (χ3v) is 1.89. The second-order valence-electron chi connectivity index (χ2n) is 3.78. The SMILES string of the molecule is CCNC(CCOC(C)C)CC(F)(F)F. The van der Waals surface area contributed by atoms with E-state index in [0.29, 0.717) is 19.6 Å². The van der Waals surface area contributed by atoms with Crippen molar-refractivity contribution < 1.29 is 17.9 Å². The summed E-state index contributed by atoms with van der Waals surface area (Å²) in [5.74, 6) is 0. The number of nitrogens with one attached hydrogen (secondary N) is 1. The van der Waals surface area contributed by atoms with Gasteiger partial charge < -0.3 is 10.1 Å². The lowest BCUT2D eigenvalue weighted by Gasteiger charge is -2.20. The van der Waals surface area contributed by atoms with Gasteiger partial charge in [-0.25, -0.2) is 0 Å². The maximum absolute atomic E-state index is 12.1. The quantitative estimate of drug-likeness (QED) is 0.722. The van der Waals surface area contributed by atoms with Crippen molar-refractivity contribution in [1.82, 2.24) is 5.32 Å². The highest BCUT2D eigenvalue weighted by Crippen LogP contribution is 2.22. The number of alkyl halides is 3. The van der Waals surface area contributed by atoms with E-state index in [1.165, 1.54) is 0 Å². The van der Waals surface area contributed by atoms with Crippen molar-refractivity contribution in [3.63, 3.8) is 0 Å². The molecule has 15 heavy (non-hydrogen) atoms. The minimum atomic E-state index is -4.11. The molecule has 0 fully saturated rings. The molecule has 1 atom stereocenters. The average molecular weight is 227 g/mol. The predicted octanol–water partition coefficient (Wildman–Crippen LogP) is 2.73. The summed E-state index contributed by atoms with van der Waals surface area (Å²) in [4.78, 5) is 0. The summed E-state index contributed by atoms with van der Waals surface area (Å²) in [7, 11) is 0. The Balaban J connectivity index is 3.83. The molecule has 0 saturated carbocycles. The van der Waals surface area contributed by atoms with Gasteiger partial charge in [0.25, 0.3) is 0 Å². The molecule has 0 heterocycles. The van der Waals surface area contributed by atoms with E-state index in [-0.39, 0.29) is 6.10 Å². The van der Waals surface area contributed by atoms with Crippen LogP contribution in [0.4, 0.5) is 13.2 Å². The molecule has 0 amide bonds. The largest absolute Gasteiger partial charge is 0.390 e. The zero-order valence-corrected chi connectivity index (χ0v) is 9.53. The fraction of sp³-hybridized carbons (Fsp3) is 1.00. The fourth-order valence-corrected chi connectivity index (χ4v) is 1.29. The van der Waals surface area contributed by atoms with Crippen molar-refractivity contribution in [2.75, 3.05) is 13.2 Å². The second kappa shape index (κ2) is 7.06. The summed E-state index contributed by atoms with van der Waals surface area (Å²) in [6.07, 6.45) is -4.43. The Morgan fingerprint density at radius 3 is 2.27 bits per heavy atom. The molecule has 5 heteroatoms. The molecule has 0 aliphatic rings. The molecule has 0 aromatic carbocycles. The van der Waals surface area contributed by atoms with Crippen LogP contribution < -0.4 is 5.32 Å². The van der Waals surface area contributed by atoms with Crippen LogP contribution in [0.2, 0.25) is 0 Å². The van der Waals surface area contributed by atoms with E-state index in [4.69, 9.17) is 4.74 Å². The zero-order valence-electron chi connectivity index (χ0n) is 9.53. The molecular weight excluding hydrogens is 207 g/mol. The summed E-state index contributed by atoms with van der Waals surface area (Å²) in [6.45, 7) is 6.44. The van der Waals surface area contributed by atoms with Gasteiger partial charge in [-0.15, -0.1) is 0 Å². The Morgan fingerprint density at radius 2 is 1.87 bits per heavy atom. The molecule has 0 bridgehead atoms. The van der Waals surface area contributed by atoms with E-state index in [1.807, 2.05) is 13.8 Å². The van der Waals surface area contributed by atoms with Crippen molar-refractivity contribution in [3.8, 4) is 0 Å². The van der Waals surface area contributed by atoms with Crippen LogP contribution in [0.3, 0.4) is 0 Å². The van der Waals surface area contributed by atoms with E-state index < -0.39 is 18.6 Å². The molecule has 1 unspecified atom stereocenters. The van der Waals surface area contributed by atoms with Crippen molar-refractivity contribution >= 4 is 0 Å². The Hall–Kier alpha value is -0.290. The number of rotatable bonds is 7. The molecule has 0 saturated heterocycles. The molecule has 0 radical (unpaired) electrons. The van der Waals surface area contributed by atoms with Gasteiger partial charge in [0.1, 0.15) is 0 Å². The zero-order chi connectivity index (χ0) is 11.9. The number of halogens is 3. The first kappa shape index (κ1) is 14.7. The van der Waals surface area contributed by atoms with E-state index in [0.717, 1.165) is 0 Å². The lowest BCUT2D eigenvalue weighted by atomic mass is 10.1.